The van der Waals surface area contributed by atoms with Gasteiger partial charge in [0.05, 0.1) is 0 Å². The van der Waals surface area contributed by atoms with Crippen LogP contribution in [0.15, 0.2) is 0 Å². The van der Waals surface area contributed by atoms with Crippen molar-refractivity contribution >= 4 is 11.6 Å². The SMILES string of the molecule is C#CC1(O)CCC2C3CC(=O)C4CC(=O)CCC4C3CC[C@@]21C. The molecule has 0 radical (unpaired) electrons. The van der Waals surface area contributed by atoms with E-state index in [-0.39, 0.29) is 17.1 Å². The molecule has 4 aliphatic carbocycles. The van der Waals surface area contributed by atoms with Crippen molar-refractivity contribution in [3.05, 3.63) is 0 Å². The zero-order valence-corrected chi connectivity index (χ0v) is 13.9. The topological polar surface area (TPSA) is 54.4 Å². The van der Waals surface area contributed by atoms with Gasteiger partial charge in [-0.25, -0.2) is 0 Å². The van der Waals surface area contributed by atoms with E-state index in [2.05, 4.69) is 12.8 Å². The van der Waals surface area contributed by atoms with E-state index < -0.39 is 5.60 Å². The minimum Gasteiger partial charge on any atom is -0.377 e. The third-order valence-corrected chi connectivity index (χ3v) is 8.00. The number of carbonyl (C=O) groups excluding carboxylic acids is 2. The van der Waals surface area contributed by atoms with Crippen LogP contribution in [0, 0.1) is 47.3 Å². The van der Waals surface area contributed by atoms with Crippen molar-refractivity contribution in [3.8, 4) is 12.3 Å². The van der Waals surface area contributed by atoms with Crippen molar-refractivity contribution in [3.63, 3.8) is 0 Å². The summed E-state index contributed by atoms with van der Waals surface area (Å²) < 4.78 is 0. The largest absolute Gasteiger partial charge is 0.377 e. The highest BCUT2D eigenvalue weighted by Crippen LogP contribution is 2.64. The lowest BCUT2D eigenvalue weighted by atomic mass is 9.49. The lowest BCUT2D eigenvalue weighted by Gasteiger charge is -2.55. The van der Waals surface area contributed by atoms with Gasteiger partial charge < -0.3 is 5.11 Å². The van der Waals surface area contributed by atoms with E-state index in [1.54, 1.807) is 0 Å². The van der Waals surface area contributed by atoms with Gasteiger partial charge >= 0.3 is 0 Å². The molecule has 4 rings (SSSR count). The number of rotatable bonds is 0. The highest BCUT2D eigenvalue weighted by molar-refractivity contribution is 5.90. The van der Waals surface area contributed by atoms with Crippen LogP contribution in [0.3, 0.4) is 0 Å². The minimum atomic E-state index is -1.01. The standard InChI is InChI=1S/C20H26O3/c1-3-20(23)9-7-17-15-11-18(22)16-10-12(21)4-5-13(16)14(15)6-8-19(17,20)2/h1,13-17,23H,4-11H2,2H3/t13?,14?,15?,16?,17?,19-,20?/m0/s1. The van der Waals surface area contributed by atoms with Gasteiger partial charge in [0.2, 0.25) is 0 Å². The van der Waals surface area contributed by atoms with Gasteiger partial charge in [-0.3, -0.25) is 9.59 Å². The fourth-order valence-corrected chi connectivity index (χ4v) is 6.67. The highest BCUT2D eigenvalue weighted by Gasteiger charge is 2.63. The van der Waals surface area contributed by atoms with Crippen molar-refractivity contribution in [2.45, 2.75) is 63.9 Å². The maximum atomic E-state index is 12.7. The van der Waals surface area contributed by atoms with E-state index in [1.165, 1.54) is 0 Å². The maximum absolute atomic E-state index is 12.7. The summed E-state index contributed by atoms with van der Waals surface area (Å²) >= 11 is 0. The molecule has 3 heteroatoms. The first-order chi connectivity index (χ1) is 10.9. The third kappa shape index (κ3) is 1.94. The monoisotopic (exact) mass is 314 g/mol. The fraction of sp³-hybridized carbons (Fsp3) is 0.800. The molecule has 0 heterocycles. The van der Waals surface area contributed by atoms with E-state index in [1.807, 2.05) is 0 Å². The van der Waals surface area contributed by atoms with Gasteiger partial charge in [0.1, 0.15) is 17.2 Å². The summed E-state index contributed by atoms with van der Waals surface area (Å²) in [6.45, 7) is 2.14. The summed E-state index contributed by atoms with van der Waals surface area (Å²) in [5.74, 6) is 4.87. The van der Waals surface area contributed by atoms with Crippen LogP contribution < -0.4 is 0 Å². The van der Waals surface area contributed by atoms with E-state index in [4.69, 9.17) is 6.42 Å². The quantitative estimate of drug-likeness (QED) is 0.700. The molecule has 0 bridgehead atoms. The smallest absolute Gasteiger partial charge is 0.137 e. The average Bonchev–Trinajstić information content (AvgIpc) is 2.80. The Balaban J connectivity index is 1.66. The van der Waals surface area contributed by atoms with Gasteiger partial charge in [0, 0.05) is 30.6 Å². The molecule has 0 aromatic rings. The van der Waals surface area contributed by atoms with Crippen LogP contribution in [0.5, 0.6) is 0 Å². The van der Waals surface area contributed by atoms with E-state index in [0.717, 1.165) is 25.7 Å². The Morgan fingerprint density at radius 2 is 1.87 bits per heavy atom. The molecule has 4 fully saturated rings. The number of hydrogen-bond acceptors (Lipinski definition) is 3. The van der Waals surface area contributed by atoms with Crippen molar-refractivity contribution in [1.82, 2.24) is 0 Å². The molecule has 6 unspecified atom stereocenters. The second kappa shape index (κ2) is 4.93. The van der Waals surface area contributed by atoms with E-state index in [9.17, 15) is 14.7 Å². The molecule has 0 aromatic carbocycles. The molecule has 4 aliphatic rings. The molecule has 1 N–H and O–H groups in total. The second-order valence-electron chi connectivity index (χ2n) is 8.66. The maximum Gasteiger partial charge on any atom is 0.137 e. The molecule has 23 heavy (non-hydrogen) atoms. The number of ketones is 2. The Morgan fingerprint density at radius 1 is 1.09 bits per heavy atom. The Morgan fingerprint density at radius 3 is 2.61 bits per heavy atom. The average molecular weight is 314 g/mol. The molecule has 0 spiro atoms. The number of fused-ring (bicyclic) bond motifs is 5. The van der Waals surface area contributed by atoms with E-state index in [0.29, 0.717) is 55.1 Å². The molecule has 0 aliphatic heterocycles. The number of aliphatic hydroxyl groups is 1. The van der Waals surface area contributed by atoms with Gasteiger partial charge in [-0.1, -0.05) is 12.8 Å². The summed E-state index contributed by atoms with van der Waals surface area (Å²) in [4.78, 5) is 24.5. The van der Waals surface area contributed by atoms with Crippen molar-refractivity contribution < 1.29 is 14.7 Å². The number of terminal acetylenes is 1. The molecule has 0 aromatic heterocycles. The van der Waals surface area contributed by atoms with Crippen LogP contribution in [0.25, 0.3) is 0 Å². The summed E-state index contributed by atoms with van der Waals surface area (Å²) in [7, 11) is 0. The molecular formula is C20H26O3. The van der Waals surface area contributed by atoms with Crippen LogP contribution in [0.4, 0.5) is 0 Å². The first-order valence-electron chi connectivity index (χ1n) is 9.14. The zero-order valence-electron chi connectivity index (χ0n) is 13.9. The predicted octanol–water partition coefficient (Wildman–Crippen LogP) is 2.75. The van der Waals surface area contributed by atoms with Gasteiger partial charge in [-0.15, -0.1) is 6.42 Å². The molecule has 0 saturated heterocycles. The first kappa shape index (κ1) is 15.4. The van der Waals surface area contributed by atoms with Gasteiger partial charge in [0.25, 0.3) is 0 Å². The molecule has 0 amide bonds. The number of Topliss-reactive ketones (excluding diaryl/α,β-unsaturated/α-hetero) is 2. The lowest BCUT2D eigenvalue weighted by Crippen LogP contribution is -2.55. The normalized spacial score (nSPS) is 52.3. The Kier molecular flexibility index (Phi) is 3.30. The molecule has 3 nitrogen and oxygen atoms in total. The summed E-state index contributed by atoms with van der Waals surface area (Å²) in [5.41, 5.74) is -1.26. The van der Waals surface area contributed by atoms with Crippen molar-refractivity contribution in [2.24, 2.45) is 35.0 Å². The van der Waals surface area contributed by atoms with Crippen LogP contribution >= 0.6 is 0 Å². The fourth-order valence-electron chi connectivity index (χ4n) is 6.67. The Hall–Kier alpha value is -1.14. The van der Waals surface area contributed by atoms with Gasteiger partial charge in [-0.05, 0) is 55.8 Å². The highest BCUT2D eigenvalue weighted by atomic mass is 16.3. The molecular weight excluding hydrogens is 288 g/mol. The lowest BCUT2D eigenvalue weighted by molar-refractivity contribution is -0.149. The van der Waals surface area contributed by atoms with Crippen LogP contribution in [0.2, 0.25) is 0 Å². The summed E-state index contributed by atoms with van der Waals surface area (Å²) in [6, 6.07) is 0. The minimum absolute atomic E-state index is 0.0187. The number of carbonyl (C=O) groups is 2. The van der Waals surface area contributed by atoms with Crippen LogP contribution in [0.1, 0.15) is 58.3 Å². The third-order valence-electron chi connectivity index (χ3n) is 8.00. The summed E-state index contributed by atoms with van der Waals surface area (Å²) in [6.07, 6.45) is 11.9. The molecule has 7 atom stereocenters. The Bertz CT molecular complexity index is 602. The predicted molar refractivity (Wildman–Crippen MR) is 86.3 cm³/mol. The Labute approximate surface area is 138 Å². The second-order valence-corrected chi connectivity index (χ2v) is 8.66. The first-order valence-corrected chi connectivity index (χ1v) is 9.14. The van der Waals surface area contributed by atoms with Gasteiger partial charge in [0.15, 0.2) is 0 Å². The summed E-state index contributed by atoms with van der Waals surface area (Å²) in [5, 5.41) is 10.9. The van der Waals surface area contributed by atoms with Crippen molar-refractivity contribution in [2.75, 3.05) is 0 Å². The molecule has 124 valence electrons. The van der Waals surface area contributed by atoms with Crippen molar-refractivity contribution in [1.29, 1.82) is 0 Å². The van der Waals surface area contributed by atoms with Gasteiger partial charge in [-0.2, -0.15) is 0 Å². The molecule has 4 saturated carbocycles. The van der Waals surface area contributed by atoms with E-state index >= 15 is 0 Å². The van der Waals surface area contributed by atoms with Crippen LogP contribution in [-0.2, 0) is 9.59 Å². The van der Waals surface area contributed by atoms with Crippen LogP contribution in [-0.4, -0.2) is 22.3 Å². The number of hydrogen-bond donors (Lipinski definition) is 1. The zero-order chi connectivity index (χ0) is 16.4.